The van der Waals surface area contributed by atoms with Gasteiger partial charge < -0.3 is 5.11 Å². The molecule has 0 amide bonds. The average molecular weight is 293 g/mol. The molecule has 122 valence electrons. The first-order chi connectivity index (χ1) is 9.95. The lowest BCUT2D eigenvalue weighted by Gasteiger charge is -2.07. The number of hydrogen-bond donors (Lipinski definition) is 1. The zero-order valence-electron chi connectivity index (χ0n) is 14.9. The van der Waals surface area contributed by atoms with Crippen LogP contribution in [0.25, 0.3) is 0 Å². The van der Waals surface area contributed by atoms with Crippen LogP contribution in [0.2, 0.25) is 0 Å². The van der Waals surface area contributed by atoms with Crippen molar-refractivity contribution in [2.75, 3.05) is 6.61 Å². The van der Waals surface area contributed by atoms with Crippen LogP contribution in [0, 0.1) is 5.92 Å². The summed E-state index contributed by atoms with van der Waals surface area (Å²) in [7, 11) is 0. The van der Waals surface area contributed by atoms with E-state index in [2.05, 4.69) is 52.8 Å². The summed E-state index contributed by atoms with van der Waals surface area (Å²) in [6.45, 7) is 11.3. The van der Waals surface area contributed by atoms with Gasteiger partial charge in [0, 0.05) is 6.61 Å². The normalized spacial score (nSPS) is 14.2. The van der Waals surface area contributed by atoms with Crippen LogP contribution >= 0.6 is 0 Å². The molecule has 0 aromatic rings. The van der Waals surface area contributed by atoms with Gasteiger partial charge in [-0.05, 0) is 78.6 Å². The standard InChI is InChI=1S/C20H36O/c1-17(2)9-6-10-18(3)11-7-12-19(4)13-8-14-20(5)15-16-21/h9,11,13,20-21H,6-8,10,12,14-16H2,1-5H3/b18-11+,19-13+/t20-/m1/s1. The van der Waals surface area contributed by atoms with Crippen LogP contribution in [0.5, 0.6) is 0 Å². The Balaban J connectivity index is 3.85. The SMILES string of the molecule is CC(C)=CCC/C(C)=C/CC/C(C)=C/CC[C@@H](C)CCO. The van der Waals surface area contributed by atoms with E-state index in [1.165, 1.54) is 42.4 Å². The number of rotatable bonds is 11. The third-order valence-electron chi connectivity index (χ3n) is 3.90. The minimum absolute atomic E-state index is 0.320. The number of allylic oxidation sites excluding steroid dienone is 6. The zero-order valence-corrected chi connectivity index (χ0v) is 14.9. The van der Waals surface area contributed by atoms with Crippen molar-refractivity contribution in [1.82, 2.24) is 0 Å². The Labute approximate surface area is 132 Å². The Morgan fingerprint density at radius 1 is 0.810 bits per heavy atom. The summed E-state index contributed by atoms with van der Waals surface area (Å²) in [6, 6.07) is 0. The van der Waals surface area contributed by atoms with E-state index in [-0.39, 0.29) is 0 Å². The van der Waals surface area contributed by atoms with Gasteiger partial charge in [-0.15, -0.1) is 0 Å². The van der Waals surface area contributed by atoms with Crippen molar-refractivity contribution in [2.45, 2.75) is 79.6 Å². The summed E-state index contributed by atoms with van der Waals surface area (Å²) in [5.41, 5.74) is 4.42. The topological polar surface area (TPSA) is 20.2 Å². The van der Waals surface area contributed by atoms with Crippen molar-refractivity contribution in [1.29, 1.82) is 0 Å². The second-order valence-electron chi connectivity index (χ2n) is 6.65. The predicted octanol–water partition coefficient (Wildman–Crippen LogP) is 6.20. The Hall–Kier alpha value is -0.820. The molecule has 1 atom stereocenters. The molecule has 0 saturated carbocycles. The van der Waals surface area contributed by atoms with E-state index < -0.39 is 0 Å². The highest BCUT2D eigenvalue weighted by Gasteiger charge is 1.99. The summed E-state index contributed by atoms with van der Waals surface area (Å²) in [6.07, 6.45) is 15.0. The number of aliphatic hydroxyl groups is 1. The fourth-order valence-electron chi connectivity index (χ4n) is 2.32. The zero-order chi connectivity index (χ0) is 16.1. The van der Waals surface area contributed by atoms with Crippen LogP contribution in [0.3, 0.4) is 0 Å². The second-order valence-corrected chi connectivity index (χ2v) is 6.65. The molecule has 0 bridgehead atoms. The third-order valence-corrected chi connectivity index (χ3v) is 3.90. The fraction of sp³-hybridized carbons (Fsp3) is 0.700. The van der Waals surface area contributed by atoms with Gasteiger partial charge in [0.25, 0.3) is 0 Å². The monoisotopic (exact) mass is 292 g/mol. The highest BCUT2D eigenvalue weighted by Crippen LogP contribution is 2.14. The molecule has 0 aromatic heterocycles. The van der Waals surface area contributed by atoms with Crippen molar-refractivity contribution in [2.24, 2.45) is 5.92 Å². The lowest BCUT2D eigenvalue weighted by Crippen LogP contribution is -1.97. The molecule has 0 saturated heterocycles. The lowest BCUT2D eigenvalue weighted by molar-refractivity contribution is 0.259. The maximum absolute atomic E-state index is 8.88. The Morgan fingerprint density at radius 2 is 1.33 bits per heavy atom. The smallest absolute Gasteiger partial charge is 0.0433 e. The second kappa shape index (κ2) is 12.9. The maximum Gasteiger partial charge on any atom is 0.0433 e. The van der Waals surface area contributed by atoms with Crippen LogP contribution < -0.4 is 0 Å². The molecule has 0 aliphatic rings. The summed E-state index contributed by atoms with van der Waals surface area (Å²) in [5.74, 6) is 0.635. The van der Waals surface area contributed by atoms with Crippen LogP contribution in [0.4, 0.5) is 0 Å². The number of hydrogen-bond acceptors (Lipinski definition) is 1. The van der Waals surface area contributed by atoms with Crippen molar-refractivity contribution in [3.63, 3.8) is 0 Å². The van der Waals surface area contributed by atoms with Crippen LogP contribution in [-0.2, 0) is 0 Å². The van der Waals surface area contributed by atoms with E-state index >= 15 is 0 Å². The quantitative estimate of drug-likeness (QED) is 0.449. The molecule has 21 heavy (non-hydrogen) atoms. The predicted molar refractivity (Wildman–Crippen MR) is 95.5 cm³/mol. The highest BCUT2D eigenvalue weighted by atomic mass is 16.3. The van der Waals surface area contributed by atoms with Crippen molar-refractivity contribution >= 4 is 0 Å². The van der Waals surface area contributed by atoms with Gasteiger partial charge in [0.2, 0.25) is 0 Å². The third kappa shape index (κ3) is 13.9. The molecule has 0 unspecified atom stereocenters. The first kappa shape index (κ1) is 20.2. The minimum atomic E-state index is 0.320. The summed E-state index contributed by atoms with van der Waals surface area (Å²) < 4.78 is 0. The molecular weight excluding hydrogens is 256 g/mol. The number of aliphatic hydroxyl groups excluding tert-OH is 1. The fourth-order valence-corrected chi connectivity index (χ4v) is 2.32. The molecule has 0 heterocycles. The molecule has 0 rings (SSSR count). The van der Waals surface area contributed by atoms with E-state index in [1.807, 2.05) is 0 Å². The van der Waals surface area contributed by atoms with Gasteiger partial charge in [0.05, 0.1) is 0 Å². The van der Waals surface area contributed by atoms with E-state index in [1.54, 1.807) is 0 Å². The molecule has 0 spiro atoms. The first-order valence-corrected chi connectivity index (χ1v) is 8.51. The highest BCUT2D eigenvalue weighted by molar-refractivity contribution is 5.05. The summed E-state index contributed by atoms with van der Waals surface area (Å²) in [5, 5.41) is 8.88. The lowest BCUT2D eigenvalue weighted by atomic mass is 10.0. The Kier molecular flexibility index (Phi) is 12.4. The summed E-state index contributed by atoms with van der Waals surface area (Å²) >= 11 is 0. The molecule has 0 aromatic carbocycles. The van der Waals surface area contributed by atoms with Gasteiger partial charge in [-0.3, -0.25) is 0 Å². The van der Waals surface area contributed by atoms with Gasteiger partial charge in [-0.25, -0.2) is 0 Å². The van der Waals surface area contributed by atoms with E-state index in [0.29, 0.717) is 12.5 Å². The maximum atomic E-state index is 8.88. The molecular formula is C20H36O. The minimum Gasteiger partial charge on any atom is -0.396 e. The molecule has 0 aliphatic heterocycles. The Morgan fingerprint density at radius 3 is 1.86 bits per heavy atom. The molecule has 0 radical (unpaired) electrons. The first-order valence-electron chi connectivity index (χ1n) is 8.51. The van der Waals surface area contributed by atoms with Gasteiger partial charge in [0.1, 0.15) is 0 Å². The average Bonchev–Trinajstić information content (AvgIpc) is 2.38. The van der Waals surface area contributed by atoms with Gasteiger partial charge in [-0.1, -0.05) is 41.9 Å². The summed E-state index contributed by atoms with van der Waals surface area (Å²) in [4.78, 5) is 0. The molecule has 0 fully saturated rings. The molecule has 1 heteroatoms. The van der Waals surface area contributed by atoms with Crippen molar-refractivity contribution in [3.05, 3.63) is 34.9 Å². The van der Waals surface area contributed by atoms with Gasteiger partial charge >= 0.3 is 0 Å². The molecule has 0 aliphatic carbocycles. The van der Waals surface area contributed by atoms with Crippen LogP contribution in [-0.4, -0.2) is 11.7 Å². The Bertz CT molecular complexity index is 343. The van der Waals surface area contributed by atoms with E-state index in [0.717, 1.165) is 19.3 Å². The van der Waals surface area contributed by atoms with Gasteiger partial charge in [-0.2, -0.15) is 0 Å². The largest absolute Gasteiger partial charge is 0.396 e. The van der Waals surface area contributed by atoms with Crippen molar-refractivity contribution < 1.29 is 5.11 Å². The van der Waals surface area contributed by atoms with Crippen LogP contribution in [0.15, 0.2) is 34.9 Å². The van der Waals surface area contributed by atoms with Crippen LogP contribution in [0.1, 0.15) is 79.6 Å². The van der Waals surface area contributed by atoms with E-state index in [4.69, 9.17) is 5.11 Å². The molecule has 1 nitrogen and oxygen atoms in total. The van der Waals surface area contributed by atoms with Gasteiger partial charge in [0.15, 0.2) is 0 Å². The molecule has 1 N–H and O–H groups in total. The van der Waals surface area contributed by atoms with Crippen molar-refractivity contribution in [3.8, 4) is 0 Å². The van der Waals surface area contributed by atoms with E-state index in [9.17, 15) is 0 Å².